The third-order valence-electron chi connectivity index (χ3n) is 2.03. The van der Waals surface area contributed by atoms with Crippen LogP contribution in [-0.4, -0.2) is 11.8 Å². The molecule has 0 aliphatic heterocycles. The first kappa shape index (κ1) is 11.4. The fourth-order valence-electron chi connectivity index (χ4n) is 1.29. The Morgan fingerprint density at radius 2 is 1.67 bits per heavy atom. The number of hydrogen-bond acceptors (Lipinski definition) is 3. The highest BCUT2D eigenvalue weighted by Crippen LogP contribution is 2.19. The van der Waals surface area contributed by atoms with Gasteiger partial charge in [-0.1, -0.05) is 29.8 Å². The molecule has 1 unspecified atom stereocenters. The van der Waals surface area contributed by atoms with E-state index in [2.05, 4.69) is 0 Å². The summed E-state index contributed by atoms with van der Waals surface area (Å²) in [6.07, 6.45) is -0.775. The third kappa shape index (κ3) is 3.20. The molecule has 0 N–H and O–H groups in total. The molecule has 1 aromatic rings. The Morgan fingerprint density at radius 3 is 2.07 bits per heavy atom. The van der Waals surface area contributed by atoms with Crippen LogP contribution in [0.25, 0.3) is 0 Å². The van der Waals surface area contributed by atoms with E-state index in [1.165, 1.54) is 13.8 Å². The molecule has 0 aliphatic rings. The van der Waals surface area contributed by atoms with Crippen LogP contribution in [0.2, 0.25) is 0 Å². The number of rotatable bonds is 3. The van der Waals surface area contributed by atoms with Crippen LogP contribution in [-0.2, 0) is 14.3 Å². The van der Waals surface area contributed by atoms with Crippen molar-refractivity contribution < 1.29 is 14.3 Å². The molecular formula is C12H14O3. The highest BCUT2D eigenvalue weighted by molar-refractivity contribution is 5.84. The molecule has 0 heterocycles. The SMILES string of the molecule is CC(=O)OC(C(C)=O)c1ccc(C)cc1. The van der Waals surface area contributed by atoms with E-state index in [0.717, 1.165) is 5.56 Å². The lowest BCUT2D eigenvalue weighted by Gasteiger charge is -2.14. The van der Waals surface area contributed by atoms with Gasteiger partial charge in [0.05, 0.1) is 0 Å². The number of ketones is 1. The molecule has 80 valence electrons. The van der Waals surface area contributed by atoms with Gasteiger partial charge in [-0.3, -0.25) is 9.59 Å². The minimum Gasteiger partial charge on any atom is -0.450 e. The Hall–Kier alpha value is -1.64. The number of carbonyl (C=O) groups is 2. The van der Waals surface area contributed by atoms with E-state index in [1.807, 2.05) is 19.1 Å². The molecule has 1 aromatic carbocycles. The minimum atomic E-state index is -0.775. The fourth-order valence-corrected chi connectivity index (χ4v) is 1.29. The van der Waals surface area contributed by atoms with Crippen LogP contribution in [0.5, 0.6) is 0 Å². The molecule has 0 aromatic heterocycles. The Labute approximate surface area is 89.1 Å². The van der Waals surface area contributed by atoms with E-state index in [9.17, 15) is 9.59 Å². The minimum absolute atomic E-state index is 0.172. The molecule has 0 amide bonds. The Bertz CT molecular complexity index is 365. The van der Waals surface area contributed by atoms with Crippen LogP contribution in [0.3, 0.4) is 0 Å². The topological polar surface area (TPSA) is 43.4 Å². The van der Waals surface area contributed by atoms with Gasteiger partial charge in [0.1, 0.15) is 0 Å². The Kier molecular flexibility index (Phi) is 3.61. The van der Waals surface area contributed by atoms with Crippen LogP contribution < -0.4 is 0 Å². The molecule has 0 spiro atoms. The lowest BCUT2D eigenvalue weighted by atomic mass is 10.0. The average molecular weight is 206 g/mol. The smallest absolute Gasteiger partial charge is 0.303 e. The zero-order valence-electron chi connectivity index (χ0n) is 9.11. The van der Waals surface area contributed by atoms with E-state index >= 15 is 0 Å². The standard InChI is InChI=1S/C12H14O3/c1-8-4-6-11(7-5-8)12(9(2)13)15-10(3)14/h4-7,12H,1-3H3. The first-order valence-corrected chi connectivity index (χ1v) is 4.75. The van der Waals surface area contributed by atoms with Gasteiger partial charge in [0.2, 0.25) is 0 Å². The van der Waals surface area contributed by atoms with E-state index in [0.29, 0.717) is 5.56 Å². The van der Waals surface area contributed by atoms with Crippen molar-refractivity contribution in [2.75, 3.05) is 0 Å². The maximum atomic E-state index is 11.3. The van der Waals surface area contributed by atoms with Crippen molar-refractivity contribution in [1.29, 1.82) is 0 Å². The summed E-state index contributed by atoms with van der Waals surface area (Å²) in [7, 11) is 0. The molecule has 3 nitrogen and oxygen atoms in total. The molecule has 0 bridgehead atoms. The van der Waals surface area contributed by atoms with Crippen molar-refractivity contribution in [1.82, 2.24) is 0 Å². The third-order valence-corrected chi connectivity index (χ3v) is 2.03. The molecule has 0 fully saturated rings. The maximum Gasteiger partial charge on any atom is 0.303 e. The van der Waals surface area contributed by atoms with Gasteiger partial charge in [-0.2, -0.15) is 0 Å². The summed E-state index contributed by atoms with van der Waals surface area (Å²) in [5, 5.41) is 0. The number of aryl methyl sites for hydroxylation is 1. The van der Waals surface area contributed by atoms with Gasteiger partial charge in [0.15, 0.2) is 11.9 Å². The van der Waals surface area contributed by atoms with E-state index in [1.54, 1.807) is 12.1 Å². The first-order chi connectivity index (χ1) is 7.00. The Balaban J connectivity index is 2.94. The van der Waals surface area contributed by atoms with Gasteiger partial charge >= 0.3 is 5.97 Å². The summed E-state index contributed by atoms with van der Waals surface area (Å²) in [5.74, 6) is -0.621. The summed E-state index contributed by atoms with van der Waals surface area (Å²) >= 11 is 0. The lowest BCUT2D eigenvalue weighted by molar-refractivity contribution is -0.152. The van der Waals surface area contributed by atoms with Gasteiger partial charge in [-0.05, 0) is 19.4 Å². The molecule has 1 rings (SSSR count). The largest absolute Gasteiger partial charge is 0.450 e. The van der Waals surface area contributed by atoms with Crippen molar-refractivity contribution in [2.24, 2.45) is 0 Å². The lowest BCUT2D eigenvalue weighted by Crippen LogP contribution is -2.15. The summed E-state index contributed by atoms with van der Waals surface area (Å²) in [4.78, 5) is 22.1. The van der Waals surface area contributed by atoms with Crippen molar-refractivity contribution >= 4 is 11.8 Å². The maximum absolute atomic E-state index is 11.3. The zero-order valence-corrected chi connectivity index (χ0v) is 9.11. The van der Waals surface area contributed by atoms with Crippen molar-refractivity contribution in [2.45, 2.75) is 26.9 Å². The predicted octanol–water partition coefficient (Wildman–Crippen LogP) is 2.19. The molecule has 0 saturated heterocycles. The van der Waals surface area contributed by atoms with Gasteiger partial charge in [-0.15, -0.1) is 0 Å². The van der Waals surface area contributed by atoms with Crippen LogP contribution >= 0.6 is 0 Å². The number of esters is 1. The van der Waals surface area contributed by atoms with E-state index in [4.69, 9.17) is 4.74 Å². The quantitative estimate of drug-likeness (QED) is 0.712. The molecule has 1 atom stereocenters. The van der Waals surface area contributed by atoms with Gasteiger partial charge in [0.25, 0.3) is 0 Å². The number of ether oxygens (including phenoxy) is 1. The summed E-state index contributed by atoms with van der Waals surface area (Å²) in [6.45, 7) is 4.66. The summed E-state index contributed by atoms with van der Waals surface area (Å²) in [6, 6.07) is 7.36. The van der Waals surface area contributed by atoms with Crippen LogP contribution in [0.4, 0.5) is 0 Å². The molecule has 0 saturated carbocycles. The highest BCUT2D eigenvalue weighted by Gasteiger charge is 2.19. The highest BCUT2D eigenvalue weighted by atomic mass is 16.5. The van der Waals surface area contributed by atoms with Crippen molar-refractivity contribution in [3.05, 3.63) is 35.4 Å². The monoisotopic (exact) mass is 206 g/mol. The average Bonchev–Trinajstić information content (AvgIpc) is 2.15. The van der Waals surface area contributed by atoms with Crippen molar-refractivity contribution in [3.8, 4) is 0 Å². The molecule has 0 radical (unpaired) electrons. The normalized spacial score (nSPS) is 11.9. The number of Topliss-reactive ketones (excluding diaryl/α,β-unsaturated/α-hetero) is 1. The second-order valence-electron chi connectivity index (χ2n) is 3.51. The predicted molar refractivity (Wildman–Crippen MR) is 56.4 cm³/mol. The second kappa shape index (κ2) is 4.73. The Morgan fingerprint density at radius 1 is 1.13 bits per heavy atom. The van der Waals surface area contributed by atoms with Gasteiger partial charge in [0, 0.05) is 6.92 Å². The van der Waals surface area contributed by atoms with Crippen LogP contribution in [0, 0.1) is 6.92 Å². The van der Waals surface area contributed by atoms with Crippen molar-refractivity contribution in [3.63, 3.8) is 0 Å². The van der Waals surface area contributed by atoms with E-state index < -0.39 is 12.1 Å². The first-order valence-electron chi connectivity index (χ1n) is 4.75. The number of benzene rings is 1. The van der Waals surface area contributed by atoms with Gasteiger partial charge < -0.3 is 4.74 Å². The molecular weight excluding hydrogens is 192 g/mol. The zero-order chi connectivity index (χ0) is 11.4. The molecule has 0 aliphatic carbocycles. The number of hydrogen-bond donors (Lipinski definition) is 0. The van der Waals surface area contributed by atoms with Crippen LogP contribution in [0.15, 0.2) is 24.3 Å². The van der Waals surface area contributed by atoms with Crippen LogP contribution in [0.1, 0.15) is 31.1 Å². The molecule has 3 heteroatoms. The second-order valence-corrected chi connectivity index (χ2v) is 3.51. The fraction of sp³-hybridized carbons (Fsp3) is 0.333. The summed E-state index contributed by atoms with van der Waals surface area (Å²) in [5.41, 5.74) is 1.81. The van der Waals surface area contributed by atoms with Gasteiger partial charge in [-0.25, -0.2) is 0 Å². The molecule has 15 heavy (non-hydrogen) atoms. The van der Waals surface area contributed by atoms with E-state index in [-0.39, 0.29) is 5.78 Å². The number of carbonyl (C=O) groups excluding carboxylic acids is 2. The summed E-state index contributed by atoms with van der Waals surface area (Å²) < 4.78 is 4.95.